The molecule has 1 aromatic rings. The summed E-state index contributed by atoms with van der Waals surface area (Å²) in [7, 11) is 0. The Balaban J connectivity index is 2.69. The lowest BCUT2D eigenvalue weighted by atomic mass is 9.85. The average molecular weight is 244 g/mol. The molecule has 4 nitrogen and oxygen atoms in total. The van der Waals surface area contributed by atoms with Crippen molar-refractivity contribution in [1.29, 1.82) is 0 Å². The first kappa shape index (κ1) is 13.5. The Kier molecular flexibility index (Phi) is 4.41. The molecular weight excluding hydrogens is 224 g/mol. The van der Waals surface area contributed by atoms with E-state index >= 15 is 0 Å². The number of nitrogens with zero attached hydrogens (tertiary/aromatic N) is 1. The Morgan fingerprint density at radius 1 is 1.56 bits per heavy atom. The Hall–Kier alpha value is -0.520. The molecule has 0 fully saturated rings. The van der Waals surface area contributed by atoms with Gasteiger partial charge in [-0.3, -0.25) is 0 Å². The summed E-state index contributed by atoms with van der Waals surface area (Å²) in [5, 5.41) is 9.82. The number of aromatic nitrogens is 1. The second-order valence-electron chi connectivity index (χ2n) is 4.99. The number of aryl methyl sites for hydroxylation is 1. The topological polar surface area (TPSA) is 72.3 Å². The van der Waals surface area contributed by atoms with Crippen molar-refractivity contribution in [2.45, 2.75) is 44.2 Å². The molecule has 5 heteroatoms. The molecule has 0 radical (unpaired) electrons. The number of aliphatic hydroxyl groups is 1. The molecule has 1 aromatic heterocycles. The Labute approximate surface area is 101 Å². The summed E-state index contributed by atoms with van der Waals surface area (Å²) in [4.78, 5) is 4.19. The number of thioether (sulfide) groups is 1. The van der Waals surface area contributed by atoms with E-state index < -0.39 is 0 Å². The minimum absolute atomic E-state index is 0.0184. The van der Waals surface area contributed by atoms with Crippen molar-refractivity contribution in [2.75, 3.05) is 6.61 Å². The predicted molar refractivity (Wildman–Crippen MR) is 65.4 cm³/mol. The molecule has 0 aromatic carbocycles. The number of hydrogen-bond acceptors (Lipinski definition) is 5. The summed E-state index contributed by atoms with van der Waals surface area (Å²) in [6.45, 7) is 8.06. The monoisotopic (exact) mass is 244 g/mol. The van der Waals surface area contributed by atoms with Crippen molar-refractivity contribution in [2.24, 2.45) is 11.1 Å². The largest absolute Gasteiger partial charge is 0.440 e. The van der Waals surface area contributed by atoms with E-state index in [1.807, 2.05) is 6.92 Å². The van der Waals surface area contributed by atoms with Crippen LogP contribution in [0.4, 0.5) is 0 Å². The minimum Gasteiger partial charge on any atom is -0.440 e. The van der Waals surface area contributed by atoms with Gasteiger partial charge in [-0.15, -0.1) is 0 Å². The normalized spacial score (nSPS) is 16.1. The molecule has 16 heavy (non-hydrogen) atoms. The van der Waals surface area contributed by atoms with Crippen LogP contribution in [0.25, 0.3) is 0 Å². The lowest BCUT2D eigenvalue weighted by Gasteiger charge is -2.32. The molecule has 0 saturated carbocycles. The fourth-order valence-corrected chi connectivity index (χ4v) is 2.49. The van der Waals surface area contributed by atoms with E-state index in [0.717, 1.165) is 5.69 Å². The maximum absolute atomic E-state index is 9.36. The second-order valence-corrected chi connectivity index (χ2v) is 6.18. The standard InChI is InChI=1S/C11H20N2O2S/c1-7-6-15-10(13-7)16-8(5-14)9(12)11(2,3)4/h6,8-9,14H,5,12H2,1-4H3. The van der Waals surface area contributed by atoms with E-state index in [1.54, 1.807) is 6.26 Å². The van der Waals surface area contributed by atoms with Crippen LogP contribution < -0.4 is 5.73 Å². The molecule has 2 unspecified atom stereocenters. The molecule has 0 spiro atoms. The first-order chi connectivity index (χ1) is 7.34. The molecule has 2 atom stereocenters. The Bertz CT molecular complexity index is 333. The van der Waals surface area contributed by atoms with Gasteiger partial charge in [0.05, 0.1) is 17.6 Å². The maximum Gasteiger partial charge on any atom is 0.256 e. The number of hydrogen-bond donors (Lipinski definition) is 2. The van der Waals surface area contributed by atoms with Gasteiger partial charge in [0.15, 0.2) is 0 Å². The molecule has 3 N–H and O–H groups in total. The van der Waals surface area contributed by atoms with Crippen molar-refractivity contribution in [3.8, 4) is 0 Å². The van der Waals surface area contributed by atoms with E-state index in [0.29, 0.717) is 5.22 Å². The molecule has 0 aliphatic heterocycles. The van der Waals surface area contributed by atoms with E-state index in [1.165, 1.54) is 11.8 Å². The van der Waals surface area contributed by atoms with Crippen molar-refractivity contribution >= 4 is 11.8 Å². The Morgan fingerprint density at radius 2 is 2.19 bits per heavy atom. The number of nitrogens with two attached hydrogens (primary N) is 1. The third-order valence-electron chi connectivity index (χ3n) is 2.43. The van der Waals surface area contributed by atoms with Crippen LogP contribution in [-0.4, -0.2) is 28.0 Å². The van der Waals surface area contributed by atoms with Crippen molar-refractivity contribution in [3.63, 3.8) is 0 Å². The highest BCUT2D eigenvalue weighted by Crippen LogP contribution is 2.30. The summed E-state index contributed by atoms with van der Waals surface area (Å²) >= 11 is 1.39. The fourth-order valence-electron chi connectivity index (χ4n) is 1.30. The molecule has 92 valence electrons. The summed E-state index contributed by atoms with van der Waals surface area (Å²) < 4.78 is 5.24. The quantitative estimate of drug-likeness (QED) is 0.790. The van der Waals surface area contributed by atoms with Gasteiger partial charge < -0.3 is 15.3 Å². The molecule has 0 saturated heterocycles. The molecule has 0 aliphatic rings. The van der Waals surface area contributed by atoms with Crippen molar-refractivity contribution in [1.82, 2.24) is 4.98 Å². The fraction of sp³-hybridized carbons (Fsp3) is 0.727. The van der Waals surface area contributed by atoms with Gasteiger partial charge >= 0.3 is 0 Å². The highest BCUT2D eigenvalue weighted by Gasteiger charge is 2.30. The van der Waals surface area contributed by atoms with Crippen LogP contribution in [0, 0.1) is 12.3 Å². The SMILES string of the molecule is Cc1coc(SC(CO)C(N)C(C)(C)C)n1. The first-order valence-corrected chi connectivity index (χ1v) is 6.18. The minimum atomic E-state index is -0.116. The molecule has 0 amide bonds. The zero-order chi connectivity index (χ0) is 12.3. The smallest absolute Gasteiger partial charge is 0.256 e. The number of rotatable bonds is 4. The third kappa shape index (κ3) is 3.50. The van der Waals surface area contributed by atoms with Gasteiger partial charge in [-0.2, -0.15) is 0 Å². The van der Waals surface area contributed by atoms with Crippen LogP contribution in [0.2, 0.25) is 0 Å². The van der Waals surface area contributed by atoms with Gasteiger partial charge in [-0.25, -0.2) is 4.98 Å². The zero-order valence-electron chi connectivity index (χ0n) is 10.2. The van der Waals surface area contributed by atoms with Crippen LogP contribution in [-0.2, 0) is 0 Å². The number of aliphatic hydroxyl groups excluding tert-OH is 1. The zero-order valence-corrected chi connectivity index (χ0v) is 11.0. The lowest BCUT2D eigenvalue weighted by molar-refractivity contribution is 0.232. The van der Waals surface area contributed by atoms with Crippen LogP contribution in [0.1, 0.15) is 26.5 Å². The third-order valence-corrected chi connectivity index (χ3v) is 3.56. The summed E-state index contributed by atoms with van der Waals surface area (Å²) in [5.41, 5.74) is 6.89. The van der Waals surface area contributed by atoms with Crippen LogP contribution in [0.5, 0.6) is 0 Å². The van der Waals surface area contributed by atoms with E-state index in [4.69, 9.17) is 10.2 Å². The Morgan fingerprint density at radius 3 is 2.56 bits per heavy atom. The van der Waals surface area contributed by atoms with Crippen LogP contribution in [0.3, 0.4) is 0 Å². The predicted octanol–water partition coefficient (Wildman–Crippen LogP) is 1.81. The van der Waals surface area contributed by atoms with Gasteiger partial charge in [-0.1, -0.05) is 32.5 Å². The molecule has 1 heterocycles. The molecular formula is C11H20N2O2S. The van der Waals surface area contributed by atoms with Gasteiger partial charge in [-0.05, 0) is 12.3 Å². The summed E-state index contributed by atoms with van der Waals surface area (Å²) in [6.07, 6.45) is 1.60. The highest BCUT2D eigenvalue weighted by atomic mass is 32.2. The van der Waals surface area contributed by atoms with Gasteiger partial charge in [0, 0.05) is 6.04 Å². The van der Waals surface area contributed by atoms with E-state index in [9.17, 15) is 5.11 Å². The average Bonchev–Trinajstić information content (AvgIpc) is 2.58. The van der Waals surface area contributed by atoms with Crippen molar-refractivity contribution in [3.05, 3.63) is 12.0 Å². The van der Waals surface area contributed by atoms with Gasteiger partial charge in [0.2, 0.25) is 0 Å². The summed E-state index contributed by atoms with van der Waals surface area (Å²) in [6, 6.07) is -0.116. The highest BCUT2D eigenvalue weighted by molar-refractivity contribution is 7.99. The van der Waals surface area contributed by atoms with Gasteiger partial charge in [0.25, 0.3) is 5.22 Å². The molecule has 0 aliphatic carbocycles. The van der Waals surface area contributed by atoms with E-state index in [2.05, 4.69) is 25.8 Å². The van der Waals surface area contributed by atoms with Crippen LogP contribution in [0.15, 0.2) is 15.9 Å². The summed E-state index contributed by atoms with van der Waals surface area (Å²) in [5.74, 6) is 0. The van der Waals surface area contributed by atoms with Crippen LogP contribution >= 0.6 is 11.8 Å². The van der Waals surface area contributed by atoms with Gasteiger partial charge in [0.1, 0.15) is 6.26 Å². The van der Waals surface area contributed by atoms with E-state index in [-0.39, 0.29) is 23.3 Å². The lowest BCUT2D eigenvalue weighted by Crippen LogP contribution is -2.45. The number of oxazole rings is 1. The molecule has 1 rings (SSSR count). The molecule has 0 bridgehead atoms. The second kappa shape index (κ2) is 5.21. The first-order valence-electron chi connectivity index (χ1n) is 5.30. The van der Waals surface area contributed by atoms with Crippen molar-refractivity contribution < 1.29 is 9.52 Å². The maximum atomic E-state index is 9.36.